The highest BCUT2D eigenvalue weighted by Crippen LogP contribution is 2.17. The van der Waals surface area contributed by atoms with E-state index in [0.29, 0.717) is 17.1 Å². The molecule has 0 spiro atoms. The lowest BCUT2D eigenvalue weighted by Gasteiger charge is -2.10. The van der Waals surface area contributed by atoms with Crippen molar-refractivity contribution in [1.29, 1.82) is 0 Å². The van der Waals surface area contributed by atoms with Crippen LogP contribution in [0.4, 0.5) is 19.3 Å². The Morgan fingerprint density at radius 1 is 1.16 bits per heavy atom. The van der Waals surface area contributed by atoms with Gasteiger partial charge >= 0.3 is 6.03 Å². The van der Waals surface area contributed by atoms with Gasteiger partial charge in [-0.3, -0.25) is 0 Å². The highest BCUT2D eigenvalue weighted by molar-refractivity contribution is 5.89. The van der Waals surface area contributed by atoms with E-state index < -0.39 is 17.7 Å². The smallest absolute Gasteiger partial charge is 0.319 e. The van der Waals surface area contributed by atoms with Crippen LogP contribution in [-0.2, 0) is 6.54 Å². The summed E-state index contributed by atoms with van der Waals surface area (Å²) in [5, 5.41) is 4.97. The fourth-order valence-corrected chi connectivity index (χ4v) is 2.40. The second kappa shape index (κ2) is 7.12. The number of hydrogen-bond acceptors (Lipinski definition) is 2. The Balaban J connectivity index is 1.64. The molecule has 0 aliphatic carbocycles. The van der Waals surface area contributed by atoms with Gasteiger partial charge in [-0.05, 0) is 36.8 Å². The largest absolute Gasteiger partial charge is 0.334 e. The number of anilines is 1. The number of halogens is 2. The Morgan fingerprint density at radius 3 is 2.64 bits per heavy atom. The van der Waals surface area contributed by atoms with Crippen LogP contribution in [-0.4, -0.2) is 15.6 Å². The van der Waals surface area contributed by atoms with Gasteiger partial charge in [0, 0.05) is 18.9 Å². The summed E-state index contributed by atoms with van der Waals surface area (Å²) < 4.78 is 29.4. The number of nitrogens with zero attached hydrogens (tertiary/aromatic N) is 2. The molecule has 2 amide bonds. The summed E-state index contributed by atoms with van der Waals surface area (Å²) in [6.45, 7) is 1.89. The van der Waals surface area contributed by atoms with E-state index in [1.807, 2.05) is 0 Å². The molecule has 1 aromatic heterocycles. The summed E-state index contributed by atoms with van der Waals surface area (Å²) in [4.78, 5) is 15.9. The Bertz CT molecular complexity index is 908. The SMILES string of the molecule is Cc1nccn1-c1ccc(CNC(=O)Nc2ccccc2F)cc1F. The van der Waals surface area contributed by atoms with Crippen molar-refractivity contribution in [2.24, 2.45) is 0 Å². The summed E-state index contributed by atoms with van der Waals surface area (Å²) >= 11 is 0. The van der Waals surface area contributed by atoms with Crippen molar-refractivity contribution in [3.63, 3.8) is 0 Å². The zero-order valence-corrected chi connectivity index (χ0v) is 13.5. The molecule has 7 heteroatoms. The normalized spacial score (nSPS) is 10.5. The quantitative estimate of drug-likeness (QED) is 0.758. The summed E-state index contributed by atoms with van der Waals surface area (Å²) in [7, 11) is 0. The average Bonchev–Trinajstić information content (AvgIpc) is 3.01. The number of carbonyl (C=O) groups excluding carboxylic acids is 1. The Labute approximate surface area is 143 Å². The van der Waals surface area contributed by atoms with Gasteiger partial charge in [0.2, 0.25) is 0 Å². The third-order valence-corrected chi connectivity index (χ3v) is 3.67. The fraction of sp³-hybridized carbons (Fsp3) is 0.111. The summed E-state index contributed by atoms with van der Waals surface area (Å²) in [6, 6.07) is 9.96. The molecule has 5 nitrogen and oxygen atoms in total. The maximum Gasteiger partial charge on any atom is 0.319 e. The molecule has 0 aliphatic heterocycles. The van der Waals surface area contributed by atoms with Gasteiger partial charge in [0.1, 0.15) is 17.5 Å². The second-order valence-corrected chi connectivity index (χ2v) is 5.42. The van der Waals surface area contributed by atoms with E-state index in [-0.39, 0.29) is 12.2 Å². The minimum Gasteiger partial charge on any atom is -0.334 e. The number of urea groups is 1. The molecular weight excluding hydrogens is 326 g/mol. The number of amides is 2. The number of carbonyl (C=O) groups is 1. The number of imidazole rings is 1. The van der Waals surface area contributed by atoms with Crippen molar-refractivity contribution in [1.82, 2.24) is 14.9 Å². The van der Waals surface area contributed by atoms with Gasteiger partial charge in [0.05, 0.1) is 11.4 Å². The third-order valence-electron chi connectivity index (χ3n) is 3.67. The van der Waals surface area contributed by atoms with Gasteiger partial charge in [-0.25, -0.2) is 18.6 Å². The van der Waals surface area contributed by atoms with E-state index in [1.165, 1.54) is 24.3 Å². The molecule has 0 radical (unpaired) electrons. The standard InChI is InChI=1S/C18H16F2N4O/c1-12-21-8-9-24(12)17-7-6-13(10-15(17)20)11-22-18(25)23-16-5-3-2-4-14(16)19/h2-10H,11H2,1H3,(H2,22,23,25). The lowest BCUT2D eigenvalue weighted by molar-refractivity contribution is 0.251. The van der Waals surface area contributed by atoms with Crippen molar-refractivity contribution < 1.29 is 13.6 Å². The number of aromatic nitrogens is 2. The predicted octanol–water partition coefficient (Wildman–Crippen LogP) is 3.78. The topological polar surface area (TPSA) is 59.0 Å². The Morgan fingerprint density at radius 2 is 1.96 bits per heavy atom. The highest BCUT2D eigenvalue weighted by Gasteiger charge is 2.09. The summed E-state index contributed by atoms with van der Waals surface area (Å²) in [5.74, 6) is -0.271. The molecule has 0 unspecified atom stereocenters. The van der Waals surface area contributed by atoms with Crippen LogP contribution < -0.4 is 10.6 Å². The number of benzene rings is 2. The molecule has 2 aromatic carbocycles. The molecule has 2 N–H and O–H groups in total. The van der Waals surface area contributed by atoms with Gasteiger partial charge in [0.25, 0.3) is 0 Å². The minimum absolute atomic E-state index is 0.0807. The maximum atomic E-state index is 14.3. The van der Waals surface area contributed by atoms with Crippen LogP contribution in [0.1, 0.15) is 11.4 Å². The van der Waals surface area contributed by atoms with Crippen LogP contribution in [0.25, 0.3) is 5.69 Å². The molecule has 0 bridgehead atoms. The van der Waals surface area contributed by atoms with Crippen molar-refractivity contribution in [2.45, 2.75) is 13.5 Å². The monoisotopic (exact) mass is 342 g/mol. The number of nitrogens with one attached hydrogen (secondary N) is 2. The minimum atomic E-state index is -0.569. The van der Waals surface area contributed by atoms with Gasteiger partial charge in [0.15, 0.2) is 0 Å². The number of para-hydroxylation sites is 1. The molecule has 0 aliphatic rings. The van der Waals surface area contributed by atoms with E-state index in [4.69, 9.17) is 0 Å². The molecule has 0 saturated carbocycles. The molecule has 1 heterocycles. The first-order valence-electron chi connectivity index (χ1n) is 7.63. The molecule has 0 saturated heterocycles. The zero-order valence-electron chi connectivity index (χ0n) is 13.5. The van der Waals surface area contributed by atoms with E-state index in [0.717, 1.165) is 0 Å². The van der Waals surface area contributed by atoms with Gasteiger partial charge in [-0.1, -0.05) is 18.2 Å². The van der Waals surface area contributed by atoms with Gasteiger partial charge < -0.3 is 15.2 Å². The first kappa shape index (κ1) is 16.6. The van der Waals surface area contributed by atoms with Crippen LogP contribution >= 0.6 is 0 Å². The molecule has 0 atom stereocenters. The molecule has 3 rings (SSSR count). The van der Waals surface area contributed by atoms with Gasteiger partial charge in [-0.2, -0.15) is 0 Å². The average molecular weight is 342 g/mol. The first-order valence-corrected chi connectivity index (χ1v) is 7.63. The van der Waals surface area contributed by atoms with Crippen molar-refractivity contribution >= 4 is 11.7 Å². The maximum absolute atomic E-state index is 14.3. The van der Waals surface area contributed by atoms with E-state index in [2.05, 4.69) is 15.6 Å². The molecule has 128 valence electrons. The predicted molar refractivity (Wildman–Crippen MR) is 90.5 cm³/mol. The summed E-state index contributed by atoms with van der Waals surface area (Å²) in [5.41, 5.74) is 1.05. The van der Waals surface area contributed by atoms with E-state index in [1.54, 1.807) is 42.1 Å². The van der Waals surface area contributed by atoms with Crippen molar-refractivity contribution in [3.8, 4) is 5.69 Å². The molecule has 3 aromatic rings. The molecular formula is C18H16F2N4O. The lowest BCUT2D eigenvalue weighted by atomic mass is 10.2. The van der Waals surface area contributed by atoms with Crippen LogP contribution in [0.3, 0.4) is 0 Å². The van der Waals surface area contributed by atoms with Crippen LogP contribution in [0.2, 0.25) is 0 Å². The van der Waals surface area contributed by atoms with Crippen LogP contribution in [0.5, 0.6) is 0 Å². The Kier molecular flexibility index (Phi) is 4.74. The zero-order chi connectivity index (χ0) is 17.8. The van der Waals surface area contributed by atoms with E-state index >= 15 is 0 Å². The van der Waals surface area contributed by atoms with Crippen molar-refractivity contribution in [2.75, 3.05) is 5.32 Å². The first-order chi connectivity index (χ1) is 12.0. The lowest BCUT2D eigenvalue weighted by Crippen LogP contribution is -2.28. The Hall–Kier alpha value is -3.22. The van der Waals surface area contributed by atoms with Crippen LogP contribution in [0, 0.1) is 18.6 Å². The highest BCUT2D eigenvalue weighted by atomic mass is 19.1. The molecule has 25 heavy (non-hydrogen) atoms. The number of hydrogen-bond donors (Lipinski definition) is 2. The van der Waals surface area contributed by atoms with Crippen molar-refractivity contribution in [3.05, 3.63) is 77.9 Å². The number of aryl methyl sites for hydroxylation is 1. The van der Waals surface area contributed by atoms with Gasteiger partial charge in [-0.15, -0.1) is 0 Å². The second-order valence-electron chi connectivity index (χ2n) is 5.42. The van der Waals surface area contributed by atoms with Crippen LogP contribution in [0.15, 0.2) is 54.9 Å². The molecule has 0 fully saturated rings. The summed E-state index contributed by atoms with van der Waals surface area (Å²) in [6.07, 6.45) is 3.27. The number of rotatable bonds is 4. The van der Waals surface area contributed by atoms with E-state index in [9.17, 15) is 13.6 Å². The third kappa shape index (κ3) is 3.82. The fourth-order valence-electron chi connectivity index (χ4n) is 2.40.